The van der Waals surface area contributed by atoms with Gasteiger partial charge in [-0.3, -0.25) is 9.69 Å². The van der Waals surface area contributed by atoms with Crippen molar-refractivity contribution in [2.75, 3.05) is 33.7 Å². The zero-order valence-corrected chi connectivity index (χ0v) is 18.1. The Morgan fingerprint density at radius 3 is 2.59 bits per heavy atom. The van der Waals surface area contributed by atoms with Crippen molar-refractivity contribution < 1.29 is 4.79 Å². The number of piperidine rings is 1. The number of nitrogens with zero attached hydrogens (tertiary/aromatic N) is 3. The maximum absolute atomic E-state index is 12.0. The fourth-order valence-electron chi connectivity index (χ4n) is 3.29. The fourth-order valence-corrected chi connectivity index (χ4v) is 3.95. The third-order valence-corrected chi connectivity index (χ3v) is 5.82. The summed E-state index contributed by atoms with van der Waals surface area (Å²) in [4.78, 5) is 20.7. The zero-order chi connectivity index (χ0) is 20.5. The highest BCUT2D eigenvalue weighted by atomic mass is 32.1. The van der Waals surface area contributed by atoms with Crippen molar-refractivity contribution in [3.05, 3.63) is 58.3 Å². The van der Waals surface area contributed by atoms with Crippen LogP contribution < -0.4 is 10.6 Å². The van der Waals surface area contributed by atoms with E-state index in [2.05, 4.69) is 62.7 Å². The lowest BCUT2D eigenvalue weighted by molar-refractivity contribution is -0.127. The van der Waals surface area contributed by atoms with Gasteiger partial charge in [-0.25, -0.2) is 4.99 Å². The van der Waals surface area contributed by atoms with Crippen molar-refractivity contribution in [2.24, 2.45) is 4.99 Å². The molecule has 1 aliphatic heterocycles. The molecule has 29 heavy (non-hydrogen) atoms. The van der Waals surface area contributed by atoms with Crippen molar-refractivity contribution >= 4 is 23.2 Å². The minimum atomic E-state index is 0.0349. The Hall–Kier alpha value is -2.38. The number of aliphatic imine (C=N–C) groups is 1. The van der Waals surface area contributed by atoms with Gasteiger partial charge in [-0.15, -0.1) is 0 Å². The predicted molar refractivity (Wildman–Crippen MR) is 120 cm³/mol. The molecule has 1 fully saturated rings. The number of carbonyl (C=O) groups is 1. The van der Waals surface area contributed by atoms with Gasteiger partial charge >= 0.3 is 0 Å². The Bertz CT molecular complexity index is 768. The molecule has 1 aromatic heterocycles. The molecule has 0 bridgehead atoms. The number of nitrogens with one attached hydrogen (secondary N) is 2. The van der Waals surface area contributed by atoms with Crippen LogP contribution in [0.1, 0.15) is 24.0 Å². The molecule has 1 aliphatic rings. The van der Waals surface area contributed by atoms with Gasteiger partial charge in [0.05, 0.1) is 13.1 Å². The second-order valence-corrected chi connectivity index (χ2v) is 8.40. The molecular formula is C22H31N5OS. The van der Waals surface area contributed by atoms with E-state index in [0.29, 0.717) is 18.5 Å². The first-order valence-electron chi connectivity index (χ1n) is 10.1. The number of hydrogen-bond donors (Lipinski definition) is 2. The molecule has 156 valence electrons. The summed E-state index contributed by atoms with van der Waals surface area (Å²) in [5.74, 6) is 0.751. The molecule has 1 amide bonds. The quantitative estimate of drug-likeness (QED) is 0.541. The third-order valence-electron chi connectivity index (χ3n) is 5.08. The fraction of sp³-hybridized carbons (Fsp3) is 0.455. The molecule has 0 saturated carbocycles. The highest BCUT2D eigenvalue weighted by Crippen LogP contribution is 2.14. The Morgan fingerprint density at radius 2 is 1.93 bits per heavy atom. The average molecular weight is 414 g/mol. The SMILES string of the molecule is CN(C)C(=O)CNC(=NCc1ccsc1)NC1CCN(Cc2ccccc2)CC1. The lowest BCUT2D eigenvalue weighted by atomic mass is 10.0. The van der Waals surface area contributed by atoms with Crippen LogP contribution in [-0.2, 0) is 17.9 Å². The van der Waals surface area contributed by atoms with E-state index in [1.54, 1.807) is 30.3 Å². The molecule has 6 nitrogen and oxygen atoms in total. The highest BCUT2D eigenvalue weighted by molar-refractivity contribution is 7.07. The minimum Gasteiger partial charge on any atom is -0.354 e. The summed E-state index contributed by atoms with van der Waals surface area (Å²) in [7, 11) is 3.53. The molecule has 1 saturated heterocycles. The van der Waals surface area contributed by atoms with Crippen molar-refractivity contribution in [1.29, 1.82) is 0 Å². The molecule has 1 aromatic carbocycles. The van der Waals surface area contributed by atoms with Crippen LogP contribution in [0.2, 0.25) is 0 Å². The van der Waals surface area contributed by atoms with Gasteiger partial charge < -0.3 is 15.5 Å². The average Bonchev–Trinajstić information content (AvgIpc) is 3.25. The van der Waals surface area contributed by atoms with Gasteiger partial charge in [0.25, 0.3) is 0 Å². The molecule has 2 aromatic rings. The largest absolute Gasteiger partial charge is 0.354 e. The first-order valence-corrected chi connectivity index (χ1v) is 11.1. The Kier molecular flexibility index (Phi) is 8.07. The van der Waals surface area contributed by atoms with Crippen LogP contribution in [-0.4, -0.2) is 61.4 Å². The molecule has 2 heterocycles. The van der Waals surface area contributed by atoms with E-state index in [0.717, 1.165) is 32.5 Å². The summed E-state index contributed by atoms with van der Waals surface area (Å²) < 4.78 is 0. The molecule has 0 unspecified atom stereocenters. The summed E-state index contributed by atoms with van der Waals surface area (Å²) in [5, 5.41) is 10.9. The number of hydrogen-bond acceptors (Lipinski definition) is 4. The topological polar surface area (TPSA) is 60.0 Å². The van der Waals surface area contributed by atoms with Crippen molar-refractivity contribution in [2.45, 2.75) is 32.0 Å². The van der Waals surface area contributed by atoms with E-state index in [4.69, 9.17) is 4.99 Å². The Balaban J connectivity index is 1.51. The number of amides is 1. The number of thiophene rings is 1. The maximum atomic E-state index is 12.0. The van der Waals surface area contributed by atoms with Gasteiger partial charge in [0, 0.05) is 39.8 Å². The van der Waals surface area contributed by atoms with Gasteiger partial charge in [0.15, 0.2) is 5.96 Å². The van der Waals surface area contributed by atoms with Gasteiger partial charge in [-0.1, -0.05) is 30.3 Å². The molecule has 7 heteroatoms. The van der Waals surface area contributed by atoms with Crippen LogP contribution in [0.4, 0.5) is 0 Å². The number of benzene rings is 1. The molecule has 0 spiro atoms. The van der Waals surface area contributed by atoms with Gasteiger partial charge in [-0.2, -0.15) is 11.3 Å². The number of rotatable bonds is 7. The van der Waals surface area contributed by atoms with Crippen LogP contribution in [0.25, 0.3) is 0 Å². The van der Waals surface area contributed by atoms with Gasteiger partial charge in [0.2, 0.25) is 5.91 Å². The highest BCUT2D eigenvalue weighted by Gasteiger charge is 2.20. The Morgan fingerprint density at radius 1 is 1.17 bits per heavy atom. The van der Waals surface area contributed by atoms with Crippen LogP contribution in [0.3, 0.4) is 0 Å². The summed E-state index contributed by atoms with van der Waals surface area (Å²) in [5.41, 5.74) is 2.55. The Labute approximate surface area is 177 Å². The second-order valence-electron chi connectivity index (χ2n) is 7.62. The van der Waals surface area contributed by atoms with E-state index in [-0.39, 0.29) is 12.5 Å². The van der Waals surface area contributed by atoms with Crippen molar-refractivity contribution in [3.8, 4) is 0 Å². The van der Waals surface area contributed by atoms with E-state index < -0.39 is 0 Å². The van der Waals surface area contributed by atoms with Crippen LogP contribution >= 0.6 is 11.3 Å². The number of likely N-dealkylation sites (tertiary alicyclic amines) is 1. The summed E-state index contributed by atoms with van der Waals surface area (Å²) in [6.45, 7) is 3.97. The number of carbonyl (C=O) groups excluding carboxylic acids is 1. The normalized spacial score (nSPS) is 15.9. The van der Waals surface area contributed by atoms with E-state index in [1.807, 2.05) is 0 Å². The van der Waals surface area contributed by atoms with Gasteiger partial charge in [-0.05, 0) is 40.8 Å². The van der Waals surface area contributed by atoms with Crippen LogP contribution in [0.15, 0.2) is 52.2 Å². The predicted octanol–water partition coefficient (Wildman–Crippen LogP) is 2.54. The molecule has 3 rings (SSSR count). The van der Waals surface area contributed by atoms with Crippen LogP contribution in [0.5, 0.6) is 0 Å². The van der Waals surface area contributed by atoms with E-state index in [9.17, 15) is 4.79 Å². The standard InChI is InChI=1S/C22H31N5OS/c1-26(2)21(28)15-24-22(23-14-19-10-13-29-17-19)25-20-8-11-27(12-9-20)16-18-6-4-3-5-7-18/h3-7,10,13,17,20H,8-9,11-12,14-16H2,1-2H3,(H2,23,24,25). The third kappa shape index (κ3) is 7.18. The number of likely N-dealkylation sites (N-methyl/N-ethyl adjacent to an activating group) is 1. The molecule has 0 aliphatic carbocycles. The smallest absolute Gasteiger partial charge is 0.241 e. The summed E-state index contributed by atoms with van der Waals surface area (Å²) in [6.07, 6.45) is 2.13. The van der Waals surface area contributed by atoms with E-state index >= 15 is 0 Å². The van der Waals surface area contributed by atoms with Crippen LogP contribution in [0, 0.1) is 0 Å². The molecule has 2 N–H and O–H groups in total. The molecule has 0 atom stereocenters. The van der Waals surface area contributed by atoms with Crippen molar-refractivity contribution in [3.63, 3.8) is 0 Å². The zero-order valence-electron chi connectivity index (χ0n) is 17.3. The minimum absolute atomic E-state index is 0.0349. The maximum Gasteiger partial charge on any atom is 0.241 e. The molecular weight excluding hydrogens is 382 g/mol. The first kappa shape index (κ1) is 21.3. The van der Waals surface area contributed by atoms with E-state index in [1.165, 1.54) is 11.1 Å². The number of guanidine groups is 1. The second kappa shape index (κ2) is 11.0. The monoisotopic (exact) mass is 413 g/mol. The lowest BCUT2D eigenvalue weighted by Gasteiger charge is -2.33. The first-order chi connectivity index (χ1) is 14.1. The lowest BCUT2D eigenvalue weighted by Crippen LogP contribution is -2.50. The van der Waals surface area contributed by atoms with Gasteiger partial charge in [0.1, 0.15) is 0 Å². The van der Waals surface area contributed by atoms with Crippen molar-refractivity contribution in [1.82, 2.24) is 20.4 Å². The molecule has 0 radical (unpaired) electrons. The summed E-state index contributed by atoms with van der Waals surface area (Å²) >= 11 is 1.67. The summed E-state index contributed by atoms with van der Waals surface area (Å²) in [6, 6.07) is 13.1.